The third kappa shape index (κ3) is 3.11. The van der Waals surface area contributed by atoms with E-state index in [0.717, 1.165) is 26.1 Å². The Hall–Kier alpha value is -1.34. The number of urea groups is 1. The average molecular weight is 257 g/mol. The second-order valence-electron chi connectivity index (χ2n) is 4.52. The zero-order chi connectivity index (χ0) is 13.0. The molecular weight excluding hydrogens is 238 g/mol. The average Bonchev–Trinajstić information content (AvgIpc) is 2.67. The second-order valence-corrected chi connectivity index (χ2v) is 4.52. The summed E-state index contributed by atoms with van der Waals surface area (Å²) in [4.78, 5) is 26.5. The van der Waals surface area contributed by atoms with E-state index in [2.05, 4.69) is 5.32 Å². The van der Waals surface area contributed by atoms with Crippen molar-refractivity contribution >= 4 is 12.0 Å². The fraction of sp³-hybridized carbons (Fsp3) is 0.818. The molecule has 2 amide bonds. The minimum Gasteiger partial charge on any atom is -0.479 e. The van der Waals surface area contributed by atoms with Gasteiger partial charge in [-0.25, -0.2) is 9.59 Å². The highest BCUT2D eigenvalue weighted by atomic mass is 16.5. The summed E-state index contributed by atoms with van der Waals surface area (Å²) in [5, 5.41) is 12.1. The Balaban J connectivity index is 1.92. The van der Waals surface area contributed by atoms with Gasteiger partial charge in [0.25, 0.3) is 0 Å². The molecular formula is C11H19N3O4. The van der Waals surface area contributed by atoms with E-state index in [9.17, 15) is 9.59 Å². The van der Waals surface area contributed by atoms with E-state index in [-0.39, 0.29) is 19.2 Å². The maximum Gasteiger partial charge on any atom is 0.334 e. The number of aliphatic carboxylic acids is 1. The third-order valence-electron chi connectivity index (χ3n) is 3.22. The summed E-state index contributed by atoms with van der Waals surface area (Å²) in [5.74, 6) is -1.01. The summed E-state index contributed by atoms with van der Waals surface area (Å²) in [6.07, 6.45) is 0.0335. The maximum atomic E-state index is 12.2. The molecule has 0 spiro atoms. The summed E-state index contributed by atoms with van der Waals surface area (Å²) in [7, 11) is 0. The number of carboxylic acid groups (broad SMARTS) is 1. The molecule has 0 aromatic heterocycles. The number of nitrogens with zero attached hydrogens (tertiary/aromatic N) is 2. The molecule has 0 aromatic carbocycles. The minimum atomic E-state index is -1.01. The van der Waals surface area contributed by atoms with Crippen LogP contribution >= 0.6 is 0 Å². The van der Waals surface area contributed by atoms with Gasteiger partial charge in [0.15, 0.2) is 6.10 Å². The van der Waals surface area contributed by atoms with Crippen LogP contribution < -0.4 is 5.32 Å². The van der Waals surface area contributed by atoms with Crippen molar-refractivity contribution in [1.29, 1.82) is 0 Å². The number of ether oxygens (including phenoxy) is 1. The van der Waals surface area contributed by atoms with Crippen LogP contribution in [0.25, 0.3) is 0 Å². The third-order valence-corrected chi connectivity index (χ3v) is 3.22. The SMILES string of the molecule is O=C(O)C1CN(C(=O)N2CCCNCC2)CCO1. The fourth-order valence-corrected chi connectivity index (χ4v) is 2.21. The highest BCUT2D eigenvalue weighted by molar-refractivity contribution is 5.77. The number of hydrogen-bond acceptors (Lipinski definition) is 4. The largest absolute Gasteiger partial charge is 0.479 e. The van der Waals surface area contributed by atoms with Gasteiger partial charge in [-0.05, 0) is 13.0 Å². The Morgan fingerprint density at radius 3 is 2.78 bits per heavy atom. The van der Waals surface area contributed by atoms with E-state index in [0.29, 0.717) is 13.1 Å². The molecule has 2 aliphatic rings. The van der Waals surface area contributed by atoms with Gasteiger partial charge in [-0.3, -0.25) is 0 Å². The first-order chi connectivity index (χ1) is 8.68. The van der Waals surface area contributed by atoms with Gasteiger partial charge in [0.2, 0.25) is 0 Å². The predicted molar refractivity (Wildman–Crippen MR) is 63.4 cm³/mol. The topological polar surface area (TPSA) is 82.1 Å². The van der Waals surface area contributed by atoms with Crippen LogP contribution in [0.15, 0.2) is 0 Å². The van der Waals surface area contributed by atoms with Gasteiger partial charge in [0, 0.05) is 26.2 Å². The molecule has 2 fully saturated rings. The van der Waals surface area contributed by atoms with Gasteiger partial charge < -0.3 is 25.0 Å². The zero-order valence-corrected chi connectivity index (χ0v) is 10.3. The van der Waals surface area contributed by atoms with E-state index >= 15 is 0 Å². The Morgan fingerprint density at radius 1 is 1.17 bits per heavy atom. The lowest BCUT2D eigenvalue weighted by atomic mass is 10.3. The maximum absolute atomic E-state index is 12.2. The molecule has 1 unspecified atom stereocenters. The Kier molecular flexibility index (Phi) is 4.38. The van der Waals surface area contributed by atoms with Crippen molar-refractivity contribution in [3.05, 3.63) is 0 Å². The lowest BCUT2D eigenvalue weighted by molar-refractivity contribution is -0.154. The highest BCUT2D eigenvalue weighted by Crippen LogP contribution is 2.09. The molecule has 7 nitrogen and oxygen atoms in total. The Labute approximate surface area is 106 Å². The molecule has 2 saturated heterocycles. The molecule has 2 heterocycles. The van der Waals surface area contributed by atoms with Crippen molar-refractivity contribution in [2.45, 2.75) is 12.5 Å². The lowest BCUT2D eigenvalue weighted by Crippen LogP contribution is -2.53. The number of carbonyl (C=O) groups excluding carboxylic acids is 1. The molecule has 1 atom stereocenters. The summed E-state index contributed by atoms with van der Waals surface area (Å²) in [6, 6.07) is -0.0757. The van der Waals surface area contributed by atoms with E-state index in [1.54, 1.807) is 9.80 Å². The van der Waals surface area contributed by atoms with Crippen LogP contribution in [0.2, 0.25) is 0 Å². The first kappa shape index (κ1) is 13.1. The molecule has 102 valence electrons. The van der Waals surface area contributed by atoms with Gasteiger partial charge in [-0.15, -0.1) is 0 Å². The summed E-state index contributed by atoms with van der Waals surface area (Å²) < 4.78 is 5.11. The first-order valence-corrected chi connectivity index (χ1v) is 6.27. The van der Waals surface area contributed by atoms with Crippen molar-refractivity contribution in [3.8, 4) is 0 Å². The van der Waals surface area contributed by atoms with Crippen molar-refractivity contribution in [1.82, 2.24) is 15.1 Å². The smallest absolute Gasteiger partial charge is 0.334 e. The van der Waals surface area contributed by atoms with Crippen LogP contribution in [-0.4, -0.2) is 78.9 Å². The number of nitrogens with one attached hydrogen (secondary N) is 1. The quantitative estimate of drug-likeness (QED) is 0.642. The first-order valence-electron chi connectivity index (χ1n) is 6.27. The second kappa shape index (κ2) is 6.01. The summed E-state index contributed by atoms with van der Waals surface area (Å²) in [5.41, 5.74) is 0. The number of amides is 2. The van der Waals surface area contributed by atoms with Crippen LogP contribution in [0.3, 0.4) is 0 Å². The number of hydrogen-bond donors (Lipinski definition) is 2. The van der Waals surface area contributed by atoms with Crippen molar-refractivity contribution in [3.63, 3.8) is 0 Å². The van der Waals surface area contributed by atoms with E-state index < -0.39 is 12.1 Å². The normalized spacial score (nSPS) is 25.7. The van der Waals surface area contributed by atoms with Crippen LogP contribution in [-0.2, 0) is 9.53 Å². The number of rotatable bonds is 1. The molecule has 7 heteroatoms. The van der Waals surface area contributed by atoms with Crippen molar-refractivity contribution in [2.75, 3.05) is 45.9 Å². The zero-order valence-electron chi connectivity index (χ0n) is 10.3. The highest BCUT2D eigenvalue weighted by Gasteiger charge is 2.31. The lowest BCUT2D eigenvalue weighted by Gasteiger charge is -2.34. The van der Waals surface area contributed by atoms with Gasteiger partial charge in [-0.2, -0.15) is 0 Å². The van der Waals surface area contributed by atoms with Crippen LogP contribution in [0.1, 0.15) is 6.42 Å². The molecule has 0 bridgehead atoms. The number of morpholine rings is 1. The van der Waals surface area contributed by atoms with Crippen LogP contribution in [0.5, 0.6) is 0 Å². The van der Waals surface area contributed by atoms with Gasteiger partial charge in [0.1, 0.15) is 0 Å². The fourth-order valence-electron chi connectivity index (χ4n) is 2.21. The molecule has 2 rings (SSSR count). The van der Waals surface area contributed by atoms with Crippen LogP contribution in [0.4, 0.5) is 4.79 Å². The summed E-state index contributed by atoms with van der Waals surface area (Å²) in [6.45, 7) is 4.00. The standard InChI is InChI=1S/C11H19N3O4/c15-10(16)9-8-14(6-7-18-9)11(17)13-4-1-2-12-3-5-13/h9,12H,1-8H2,(H,15,16). The number of carboxylic acids is 1. The van der Waals surface area contributed by atoms with Gasteiger partial charge in [-0.1, -0.05) is 0 Å². The number of carbonyl (C=O) groups is 2. The molecule has 2 aliphatic heterocycles. The monoisotopic (exact) mass is 257 g/mol. The van der Waals surface area contributed by atoms with Gasteiger partial charge >= 0.3 is 12.0 Å². The molecule has 0 aliphatic carbocycles. The summed E-state index contributed by atoms with van der Waals surface area (Å²) >= 11 is 0. The molecule has 0 radical (unpaired) electrons. The van der Waals surface area contributed by atoms with E-state index in [1.165, 1.54) is 0 Å². The Morgan fingerprint density at radius 2 is 2.00 bits per heavy atom. The van der Waals surface area contributed by atoms with E-state index in [1.807, 2.05) is 0 Å². The molecule has 0 aromatic rings. The van der Waals surface area contributed by atoms with Crippen molar-refractivity contribution < 1.29 is 19.4 Å². The molecule has 2 N–H and O–H groups in total. The predicted octanol–water partition coefficient (Wildman–Crippen LogP) is -0.813. The Bertz CT molecular complexity index is 315. The van der Waals surface area contributed by atoms with Crippen LogP contribution in [0, 0.1) is 0 Å². The minimum absolute atomic E-state index is 0.0757. The van der Waals surface area contributed by atoms with E-state index in [4.69, 9.17) is 9.84 Å². The van der Waals surface area contributed by atoms with Crippen molar-refractivity contribution in [2.24, 2.45) is 0 Å². The molecule has 0 saturated carbocycles. The van der Waals surface area contributed by atoms with Gasteiger partial charge in [0.05, 0.1) is 13.2 Å². The molecule has 18 heavy (non-hydrogen) atoms.